The van der Waals surface area contributed by atoms with Gasteiger partial charge in [-0.15, -0.1) is 0 Å². The van der Waals surface area contributed by atoms with Crippen molar-refractivity contribution in [1.82, 2.24) is 0 Å². The van der Waals surface area contributed by atoms with Crippen molar-refractivity contribution in [2.45, 2.75) is 14.7 Å². The number of hydrogen-bond acceptors (Lipinski definition) is 9. The summed E-state index contributed by atoms with van der Waals surface area (Å²) >= 11 is 15.9. The van der Waals surface area contributed by atoms with Gasteiger partial charge in [-0.05, 0) is 0 Å². The second-order valence-electron chi connectivity index (χ2n) is 3.29. The van der Waals surface area contributed by atoms with E-state index in [4.69, 9.17) is 34.8 Å². The third kappa shape index (κ3) is 7.01. The van der Waals surface area contributed by atoms with Gasteiger partial charge in [0.2, 0.25) is 0 Å². The van der Waals surface area contributed by atoms with Crippen molar-refractivity contribution in [3.05, 3.63) is 15.1 Å². The predicted molar refractivity (Wildman–Crippen MR) is 65.4 cm³/mol. The van der Waals surface area contributed by atoms with E-state index in [9.17, 15) is 38.9 Å². The molecular formula is C6Cl3Na3O9S3. The molecule has 0 spiro atoms. The summed E-state index contributed by atoms with van der Waals surface area (Å²) in [6.07, 6.45) is 0. The van der Waals surface area contributed by atoms with Crippen molar-refractivity contribution >= 4 is 65.2 Å². The molecule has 0 saturated heterocycles. The van der Waals surface area contributed by atoms with Crippen LogP contribution in [0.25, 0.3) is 0 Å². The number of hydrogen-bond donors (Lipinski definition) is 0. The van der Waals surface area contributed by atoms with Crippen molar-refractivity contribution in [3.63, 3.8) is 0 Å². The van der Waals surface area contributed by atoms with Crippen LogP contribution < -0.4 is 88.7 Å². The molecule has 0 bridgehead atoms. The molecule has 0 heterocycles. The maximum atomic E-state index is 11.0. The molecule has 0 fully saturated rings. The first-order chi connectivity index (χ1) is 9.10. The van der Waals surface area contributed by atoms with Gasteiger partial charge in [-0.25, -0.2) is 25.3 Å². The minimum Gasteiger partial charge on any atom is -0.744 e. The van der Waals surface area contributed by atoms with Crippen LogP contribution in [0.15, 0.2) is 14.7 Å². The summed E-state index contributed by atoms with van der Waals surface area (Å²) in [5.41, 5.74) is 0. The molecule has 18 heteroatoms. The molecule has 0 radical (unpaired) electrons. The van der Waals surface area contributed by atoms with E-state index >= 15 is 0 Å². The molecule has 0 saturated carbocycles. The minimum atomic E-state index is -5.63. The Balaban J connectivity index is -0.00000147. The molecular weight excluding hydrogens is 488 g/mol. The maximum absolute atomic E-state index is 11.0. The van der Waals surface area contributed by atoms with Crippen molar-refractivity contribution in [2.24, 2.45) is 0 Å². The molecule has 0 aliphatic rings. The Morgan fingerprint density at radius 1 is 0.500 bits per heavy atom. The maximum Gasteiger partial charge on any atom is 1.00 e. The summed E-state index contributed by atoms with van der Waals surface area (Å²) in [5.74, 6) is 0. The molecule has 0 aliphatic heterocycles. The Kier molecular flexibility index (Phi) is 13.9. The molecule has 1 aromatic carbocycles. The molecule has 24 heavy (non-hydrogen) atoms. The van der Waals surface area contributed by atoms with Gasteiger partial charge in [-0.2, -0.15) is 0 Å². The van der Waals surface area contributed by atoms with Gasteiger partial charge in [0, 0.05) is 0 Å². The molecule has 120 valence electrons. The van der Waals surface area contributed by atoms with Gasteiger partial charge in [-0.1, -0.05) is 34.8 Å². The van der Waals surface area contributed by atoms with Gasteiger partial charge in [-0.3, -0.25) is 0 Å². The molecule has 0 unspecified atom stereocenters. The molecule has 9 nitrogen and oxygen atoms in total. The molecule has 0 N–H and O–H groups in total. The molecule has 0 atom stereocenters. The monoisotopic (exact) mass is 486 g/mol. The van der Waals surface area contributed by atoms with Crippen LogP contribution >= 0.6 is 34.8 Å². The normalized spacial score (nSPS) is 11.8. The third-order valence-electron chi connectivity index (χ3n) is 1.95. The summed E-state index contributed by atoms with van der Waals surface area (Å²) in [6, 6.07) is 0. The van der Waals surface area contributed by atoms with Crippen LogP contribution in [0.5, 0.6) is 0 Å². The molecule has 0 aromatic heterocycles. The van der Waals surface area contributed by atoms with E-state index in [1.54, 1.807) is 0 Å². The van der Waals surface area contributed by atoms with Crippen LogP contribution in [0.1, 0.15) is 0 Å². The average Bonchev–Trinajstić information content (AvgIpc) is 2.07. The zero-order chi connectivity index (χ0) is 17.0. The van der Waals surface area contributed by atoms with E-state index in [0.717, 1.165) is 0 Å². The molecule has 1 aromatic rings. The minimum absolute atomic E-state index is 0. The SMILES string of the molecule is O=S(=O)([O-])c1c(Cl)c(S(=O)(=O)[O-])c(Cl)c(S(=O)(=O)[O-])c1Cl.[Na+].[Na+].[Na+]. The molecule has 1 rings (SSSR count). The van der Waals surface area contributed by atoms with Crippen LogP contribution in [-0.4, -0.2) is 38.9 Å². The summed E-state index contributed by atoms with van der Waals surface area (Å²) in [6.45, 7) is 0. The van der Waals surface area contributed by atoms with Crippen molar-refractivity contribution in [2.75, 3.05) is 0 Å². The Bertz CT molecular complexity index is 798. The fraction of sp³-hybridized carbons (Fsp3) is 0. The number of halogens is 3. The standard InChI is InChI=1S/C6H3Cl3O9S3.3Na/c7-1-4(19(10,11)12)2(8)6(21(16,17)18)3(9)5(1)20(13,14)15;;;/h(H,10,11,12)(H,13,14,15)(H,16,17,18);;;/q;3*+1/p-3. The van der Waals surface area contributed by atoms with E-state index in [1.165, 1.54) is 0 Å². The van der Waals surface area contributed by atoms with Crippen LogP contribution in [0, 0.1) is 0 Å². The summed E-state index contributed by atoms with van der Waals surface area (Å²) in [4.78, 5) is -5.25. The first-order valence-electron chi connectivity index (χ1n) is 4.18. The zero-order valence-electron chi connectivity index (χ0n) is 12.0. The van der Waals surface area contributed by atoms with Crippen LogP contribution in [-0.2, 0) is 30.4 Å². The number of rotatable bonds is 3. The first-order valence-corrected chi connectivity index (χ1v) is 9.54. The third-order valence-corrected chi connectivity index (χ3v) is 6.48. The van der Waals surface area contributed by atoms with Crippen molar-refractivity contribution in [3.8, 4) is 0 Å². The van der Waals surface area contributed by atoms with E-state index in [2.05, 4.69) is 0 Å². The van der Waals surface area contributed by atoms with Gasteiger partial charge >= 0.3 is 88.7 Å². The fourth-order valence-electron chi connectivity index (χ4n) is 1.26. The molecule has 0 aliphatic carbocycles. The molecule has 0 amide bonds. The zero-order valence-corrected chi connectivity index (χ0v) is 22.8. The summed E-state index contributed by atoms with van der Waals surface area (Å²) in [7, 11) is -16.9. The van der Waals surface area contributed by atoms with Crippen LogP contribution in [0.4, 0.5) is 0 Å². The van der Waals surface area contributed by atoms with E-state index in [-0.39, 0.29) is 88.7 Å². The van der Waals surface area contributed by atoms with E-state index in [0.29, 0.717) is 0 Å². The second-order valence-corrected chi connectivity index (χ2v) is 8.38. The van der Waals surface area contributed by atoms with E-state index in [1.807, 2.05) is 0 Å². The van der Waals surface area contributed by atoms with Gasteiger partial charge in [0.05, 0.1) is 29.8 Å². The van der Waals surface area contributed by atoms with Crippen LogP contribution in [0.2, 0.25) is 15.1 Å². The van der Waals surface area contributed by atoms with Gasteiger partial charge < -0.3 is 13.7 Å². The second kappa shape index (κ2) is 10.6. The van der Waals surface area contributed by atoms with Crippen molar-refractivity contribution in [1.29, 1.82) is 0 Å². The largest absolute Gasteiger partial charge is 1.00 e. The Morgan fingerprint density at radius 2 is 0.625 bits per heavy atom. The summed E-state index contributed by atoms with van der Waals surface area (Å²) < 4.78 is 98.8. The number of benzene rings is 1. The Labute approximate surface area is 218 Å². The topological polar surface area (TPSA) is 172 Å². The van der Waals surface area contributed by atoms with Crippen LogP contribution in [0.3, 0.4) is 0 Å². The predicted octanol–water partition coefficient (Wildman–Crippen LogP) is -8.63. The van der Waals surface area contributed by atoms with Gasteiger partial charge in [0.1, 0.15) is 30.4 Å². The average molecular weight is 488 g/mol. The quantitative estimate of drug-likeness (QED) is 0.296. The Morgan fingerprint density at radius 3 is 0.708 bits per heavy atom. The van der Waals surface area contributed by atoms with E-state index < -0.39 is 60.1 Å². The Hall–Kier alpha value is 2.82. The summed E-state index contributed by atoms with van der Waals surface area (Å²) in [5, 5.41) is -4.49. The van der Waals surface area contributed by atoms with Gasteiger partial charge in [0.15, 0.2) is 0 Å². The smallest absolute Gasteiger partial charge is 0.744 e. The first kappa shape index (κ1) is 31.5. The van der Waals surface area contributed by atoms with Gasteiger partial charge in [0.25, 0.3) is 0 Å². The fourth-order valence-corrected chi connectivity index (χ4v) is 5.79. The van der Waals surface area contributed by atoms with Crippen molar-refractivity contribution < 1.29 is 128 Å².